The molecule has 3 fully saturated rings. The minimum atomic E-state index is 0.964. The minimum Gasteiger partial charge on any atom is -0.155 e. The highest BCUT2D eigenvalue weighted by atomic mass is 32.2. The van der Waals surface area contributed by atoms with Crippen molar-refractivity contribution in [1.82, 2.24) is 0 Å². The van der Waals surface area contributed by atoms with Gasteiger partial charge < -0.3 is 0 Å². The van der Waals surface area contributed by atoms with Gasteiger partial charge in [-0.1, -0.05) is 0 Å². The first-order valence-corrected chi connectivity index (χ1v) is 8.03. The van der Waals surface area contributed by atoms with Crippen LogP contribution in [0, 0.1) is 0 Å². The quantitative estimate of drug-likeness (QED) is 0.658. The normalized spacial score (nSPS) is 54.5. The van der Waals surface area contributed by atoms with E-state index < -0.39 is 0 Å². The Morgan fingerprint density at radius 1 is 0.727 bits per heavy atom. The Hall–Kier alpha value is 1.40. The second-order valence-corrected chi connectivity index (χ2v) is 8.52. The standard InChI is InChI=1S/C7H10S4/c1-4(8-1)5-2-10-7(11-5)6-3-9-6/h4-7H,1-3H2. The highest BCUT2D eigenvalue weighted by molar-refractivity contribution is 8.23. The van der Waals surface area contributed by atoms with Gasteiger partial charge in [-0.25, -0.2) is 0 Å². The largest absolute Gasteiger partial charge is 0.155 e. The third-order valence-corrected chi connectivity index (χ3v) is 8.33. The van der Waals surface area contributed by atoms with Crippen molar-refractivity contribution in [2.45, 2.75) is 20.3 Å². The molecule has 4 atom stereocenters. The summed E-state index contributed by atoms with van der Waals surface area (Å²) in [6.07, 6.45) is 0. The van der Waals surface area contributed by atoms with Gasteiger partial charge in [-0.15, -0.1) is 23.5 Å². The first kappa shape index (κ1) is 7.77. The Kier molecular flexibility index (Phi) is 2.09. The van der Waals surface area contributed by atoms with Crippen LogP contribution < -0.4 is 0 Å². The zero-order chi connectivity index (χ0) is 7.26. The van der Waals surface area contributed by atoms with Gasteiger partial charge in [0.15, 0.2) is 0 Å². The SMILES string of the molecule is C1SC1C1CSC(C2CS2)S1. The fourth-order valence-corrected chi connectivity index (χ4v) is 7.58. The molecule has 0 aromatic heterocycles. The van der Waals surface area contributed by atoms with Crippen molar-refractivity contribution in [3.8, 4) is 0 Å². The average molecular weight is 222 g/mol. The Balaban J connectivity index is 1.58. The molecule has 0 N–H and O–H groups in total. The summed E-state index contributed by atoms with van der Waals surface area (Å²) < 4.78 is 0.964. The molecule has 0 spiro atoms. The van der Waals surface area contributed by atoms with Crippen molar-refractivity contribution in [2.75, 3.05) is 17.3 Å². The van der Waals surface area contributed by atoms with E-state index in [1.165, 1.54) is 17.3 Å². The van der Waals surface area contributed by atoms with Crippen LogP contribution in [0.3, 0.4) is 0 Å². The van der Waals surface area contributed by atoms with Gasteiger partial charge in [0.1, 0.15) is 0 Å². The zero-order valence-corrected chi connectivity index (χ0v) is 9.33. The van der Waals surface area contributed by atoms with E-state index in [1.807, 2.05) is 0 Å². The summed E-state index contributed by atoms with van der Waals surface area (Å²) in [5.41, 5.74) is 0. The van der Waals surface area contributed by atoms with Crippen LogP contribution in [0.5, 0.6) is 0 Å². The lowest BCUT2D eigenvalue weighted by Crippen LogP contribution is -2.09. The van der Waals surface area contributed by atoms with Crippen LogP contribution in [0.25, 0.3) is 0 Å². The molecule has 3 aliphatic rings. The molecule has 0 aromatic rings. The first-order valence-electron chi connectivity index (χ1n) is 3.94. The summed E-state index contributed by atoms with van der Waals surface area (Å²) in [6.45, 7) is 0. The maximum Gasteiger partial charge on any atom is 0.0632 e. The molecule has 3 saturated heterocycles. The van der Waals surface area contributed by atoms with Crippen LogP contribution in [-0.4, -0.2) is 37.6 Å². The van der Waals surface area contributed by atoms with E-state index in [-0.39, 0.29) is 0 Å². The fraction of sp³-hybridized carbons (Fsp3) is 1.00. The molecule has 4 unspecified atom stereocenters. The average Bonchev–Trinajstić information content (AvgIpc) is 2.90. The van der Waals surface area contributed by atoms with Crippen molar-refractivity contribution >= 4 is 47.0 Å². The Bertz CT molecular complexity index is 146. The van der Waals surface area contributed by atoms with Gasteiger partial charge in [0.05, 0.1) is 4.58 Å². The second kappa shape index (κ2) is 2.96. The molecule has 0 saturated carbocycles. The molecular formula is C7H10S4. The molecule has 0 nitrogen and oxygen atoms in total. The maximum atomic E-state index is 2.27. The van der Waals surface area contributed by atoms with E-state index in [1.54, 1.807) is 0 Å². The van der Waals surface area contributed by atoms with Crippen molar-refractivity contribution < 1.29 is 0 Å². The van der Waals surface area contributed by atoms with Crippen LogP contribution in [0.4, 0.5) is 0 Å². The lowest BCUT2D eigenvalue weighted by Gasteiger charge is -2.05. The van der Waals surface area contributed by atoms with Gasteiger partial charge in [0, 0.05) is 33.0 Å². The van der Waals surface area contributed by atoms with Crippen molar-refractivity contribution in [3.63, 3.8) is 0 Å². The third-order valence-electron chi connectivity index (χ3n) is 2.17. The van der Waals surface area contributed by atoms with Gasteiger partial charge in [0.25, 0.3) is 0 Å². The number of hydrogen-bond donors (Lipinski definition) is 0. The second-order valence-electron chi connectivity index (χ2n) is 3.12. The molecule has 11 heavy (non-hydrogen) atoms. The van der Waals surface area contributed by atoms with E-state index in [0.717, 1.165) is 20.3 Å². The monoisotopic (exact) mass is 222 g/mol. The van der Waals surface area contributed by atoms with E-state index in [2.05, 4.69) is 47.0 Å². The first-order chi connectivity index (χ1) is 5.43. The molecule has 3 aliphatic heterocycles. The summed E-state index contributed by atoms with van der Waals surface area (Å²) in [7, 11) is 0. The van der Waals surface area contributed by atoms with Gasteiger partial charge >= 0.3 is 0 Å². The van der Waals surface area contributed by atoms with Gasteiger partial charge in [0.2, 0.25) is 0 Å². The molecular weight excluding hydrogens is 212 g/mol. The number of thioether (sulfide) groups is 4. The van der Waals surface area contributed by atoms with Crippen LogP contribution in [-0.2, 0) is 0 Å². The maximum absolute atomic E-state index is 2.27. The smallest absolute Gasteiger partial charge is 0.0632 e. The Morgan fingerprint density at radius 2 is 1.45 bits per heavy atom. The molecule has 0 aromatic carbocycles. The van der Waals surface area contributed by atoms with Crippen LogP contribution in [0.15, 0.2) is 0 Å². The van der Waals surface area contributed by atoms with Crippen LogP contribution in [0.1, 0.15) is 0 Å². The fourth-order valence-electron chi connectivity index (χ4n) is 1.31. The Labute approximate surface area is 84.4 Å². The molecule has 62 valence electrons. The number of rotatable bonds is 2. The lowest BCUT2D eigenvalue weighted by molar-refractivity contribution is 1.03. The van der Waals surface area contributed by atoms with Crippen LogP contribution >= 0.6 is 47.0 Å². The molecule has 3 heterocycles. The predicted octanol–water partition coefficient (Wildman–Crippen LogP) is 2.39. The summed E-state index contributed by atoms with van der Waals surface area (Å²) in [5, 5.41) is 3.08. The van der Waals surface area contributed by atoms with Crippen molar-refractivity contribution in [3.05, 3.63) is 0 Å². The zero-order valence-electron chi connectivity index (χ0n) is 6.06. The molecule has 0 radical (unpaired) electrons. The number of hydrogen-bond acceptors (Lipinski definition) is 4. The highest BCUT2D eigenvalue weighted by Gasteiger charge is 2.44. The topological polar surface area (TPSA) is 0 Å². The summed E-state index contributed by atoms with van der Waals surface area (Å²) in [6, 6.07) is 0. The molecule has 0 amide bonds. The van der Waals surface area contributed by atoms with E-state index in [0.29, 0.717) is 0 Å². The highest BCUT2D eigenvalue weighted by Crippen LogP contribution is 2.54. The van der Waals surface area contributed by atoms with Gasteiger partial charge in [-0.3, -0.25) is 0 Å². The molecule has 3 rings (SSSR count). The van der Waals surface area contributed by atoms with Crippen LogP contribution in [0.2, 0.25) is 0 Å². The van der Waals surface area contributed by atoms with Gasteiger partial charge in [-0.2, -0.15) is 23.5 Å². The molecule has 4 heteroatoms. The summed E-state index contributed by atoms with van der Waals surface area (Å²) in [4.78, 5) is 0. The predicted molar refractivity (Wildman–Crippen MR) is 60.1 cm³/mol. The van der Waals surface area contributed by atoms with Crippen molar-refractivity contribution in [1.29, 1.82) is 0 Å². The van der Waals surface area contributed by atoms with Gasteiger partial charge in [-0.05, 0) is 0 Å². The minimum absolute atomic E-state index is 0.964. The summed E-state index contributed by atoms with van der Waals surface area (Å²) in [5.74, 6) is 4.32. The van der Waals surface area contributed by atoms with E-state index >= 15 is 0 Å². The third kappa shape index (κ3) is 1.69. The van der Waals surface area contributed by atoms with E-state index in [4.69, 9.17) is 0 Å². The summed E-state index contributed by atoms with van der Waals surface area (Å²) >= 11 is 8.80. The molecule has 0 aliphatic carbocycles. The Morgan fingerprint density at radius 3 is 2.09 bits per heavy atom. The van der Waals surface area contributed by atoms with Crippen molar-refractivity contribution in [2.24, 2.45) is 0 Å². The molecule has 0 bridgehead atoms. The van der Waals surface area contributed by atoms with E-state index in [9.17, 15) is 0 Å². The lowest BCUT2D eigenvalue weighted by atomic mass is 10.4.